The van der Waals surface area contributed by atoms with Gasteiger partial charge in [0.15, 0.2) is 0 Å². The third-order valence-corrected chi connectivity index (χ3v) is 3.65. The van der Waals surface area contributed by atoms with Crippen molar-refractivity contribution in [2.75, 3.05) is 12.4 Å². The molecule has 0 atom stereocenters. The van der Waals surface area contributed by atoms with E-state index in [-0.39, 0.29) is 12.3 Å². The molecule has 1 aromatic heterocycles. The summed E-state index contributed by atoms with van der Waals surface area (Å²) >= 11 is 0. The van der Waals surface area contributed by atoms with Crippen molar-refractivity contribution in [1.82, 2.24) is 4.98 Å². The van der Waals surface area contributed by atoms with Gasteiger partial charge in [-0.2, -0.15) is 5.26 Å². The van der Waals surface area contributed by atoms with Gasteiger partial charge in [0.2, 0.25) is 5.91 Å². The highest BCUT2D eigenvalue weighted by Gasteiger charge is 2.11. The van der Waals surface area contributed by atoms with E-state index >= 15 is 0 Å². The number of para-hydroxylation sites is 1. The maximum Gasteiger partial charge on any atom is 0.228 e. The molecule has 0 fully saturated rings. The lowest BCUT2D eigenvalue weighted by Crippen LogP contribution is -2.15. The van der Waals surface area contributed by atoms with Gasteiger partial charge in [-0.25, -0.2) is 0 Å². The smallest absolute Gasteiger partial charge is 0.228 e. The zero-order valence-corrected chi connectivity index (χ0v) is 12.6. The van der Waals surface area contributed by atoms with E-state index in [1.165, 1.54) is 0 Å². The molecule has 0 aliphatic carbocycles. The fourth-order valence-electron chi connectivity index (χ4n) is 2.50. The molecule has 0 saturated heterocycles. The Morgan fingerprint density at radius 2 is 2.13 bits per heavy atom. The van der Waals surface area contributed by atoms with Crippen LogP contribution in [0.25, 0.3) is 10.9 Å². The van der Waals surface area contributed by atoms with Gasteiger partial charge in [0.05, 0.1) is 24.8 Å². The van der Waals surface area contributed by atoms with Crippen molar-refractivity contribution < 1.29 is 9.53 Å². The number of aromatic amines is 1. The number of nitrogens with zero attached hydrogens (tertiary/aromatic N) is 1. The third-order valence-electron chi connectivity index (χ3n) is 3.65. The summed E-state index contributed by atoms with van der Waals surface area (Å²) in [5.41, 5.74) is 2.80. The molecule has 0 saturated carbocycles. The van der Waals surface area contributed by atoms with Crippen LogP contribution in [0, 0.1) is 11.3 Å². The fraction of sp³-hybridized carbons (Fsp3) is 0.111. The highest BCUT2D eigenvalue weighted by atomic mass is 16.5. The highest BCUT2D eigenvalue weighted by molar-refractivity contribution is 5.96. The van der Waals surface area contributed by atoms with Gasteiger partial charge in [0.1, 0.15) is 11.8 Å². The van der Waals surface area contributed by atoms with Crippen LogP contribution in [0.15, 0.2) is 48.7 Å². The lowest BCUT2D eigenvalue weighted by molar-refractivity contribution is -0.115. The Kier molecular flexibility index (Phi) is 3.98. The maximum atomic E-state index is 12.3. The summed E-state index contributed by atoms with van der Waals surface area (Å²) in [6, 6.07) is 14.7. The number of ether oxygens (including phenoxy) is 1. The van der Waals surface area contributed by atoms with Crippen LogP contribution < -0.4 is 10.1 Å². The Hall–Kier alpha value is -3.26. The summed E-state index contributed by atoms with van der Waals surface area (Å²) in [4.78, 5) is 15.4. The lowest BCUT2D eigenvalue weighted by atomic mass is 10.1. The quantitative estimate of drug-likeness (QED) is 0.776. The number of nitrogens with one attached hydrogen (secondary N) is 2. The normalized spacial score (nSPS) is 10.3. The summed E-state index contributed by atoms with van der Waals surface area (Å²) in [7, 11) is 1.62. The maximum absolute atomic E-state index is 12.3. The minimum absolute atomic E-state index is 0.163. The number of hydrogen-bond donors (Lipinski definition) is 2. The SMILES string of the molecule is COc1ccc2c(CC(=O)Nc3ccccc3C#N)c[nH]c2c1. The van der Waals surface area contributed by atoms with Gasteiger partial charge in [-0.1, -0.05) is 12.1 Å². The fourth-order valence-corrected chi connectivity index (χ4v) is 2.50. The van der Waals surface area contributed by atoms with Gasteiger partial charge in [-0.3, -0.25) is 4.79 Å². The molecule has 0 radical (unpaired) electrons. The van der Waals surface area contributed by atoms with E-state index < -0.39 is 0 Å². The van der Waals surface area contributed by atoms with Crippen LogP contribution in [0.5, 0.6) is 5.75 Å². The first-order chi connectivity index (χ1) is 11.2. The minimum Gasteiger partial charge on any atom is -0.497 e. The molecule has 0 bridgehead atoms. The van der Waals surface area contributed by atoms with Crippen LogP contribution >= 0.6 is 0 Å². The van der Waals surface area contributed by atoms with Crippen molar-refractivity contribution in [1.29, 1.82) is 5.26 Å². The van der Waals surface area contributed by atoms with Crippen LogP contribution in [0.2, 0.25) is 0 Å². The molecule has 114 valence electrons. The van der Waals surface area contributed by atoms with Crippen molar-refractivity contribution in [3.05, 3.63) is 59.8 Å². The molecule has 23 heavy (non-hydrogen) atoms. The number of fused-ring (bicyclic) bond motifs is 1. The number of rotatable bonds is 4. The largest absolute Gasteiger partial charge is 0.497 e. The second kappa shape index (κ2) is 6.24. The molecule has 5 nitrogen and oxygen atoms in total. The van der Waals surface area contributed by atoms with Gasteiger partial charge in [0, 0.05) is 23.2 Å². The van der Waals surface area contributed by atoms with Crippen molar-refractivity contribution >= 4 is 22.5 Å². The molecular formula is C18H15N3O2. The van der Waals surface area contributed by atoms with Crippen molar-refractivity contribution in [3.63, 3.8) is 0 Å². The van der Waals surface area contributed by atoms with E-state index in [0.717, 1.165) is 22.2 Å². The molecule has 2 aromatic carbocycles. The number of amides is 1. The summed E-state index contributed by atoms with van der Waals surface area (Å²) in [5.74, 6) is 0.600. The highest BCUT2D eigenvalue weighted by Crippen LogP contribution is 2.24. The van der Waals surface area contributed by atoms with Crippen molar-refractivity contribution in [3.8, 4) is 11.8 Å². The summed E-state index contributed by atoms with van der Waals surface area (Å²) < 4.78 is 5.19. The molecule has 0 aliphatic rings. The third kappa shape index (κ3) is 3.01. The minimum atomic E-state index is -0.163. The number of aromatic nitrogens is 1. The Balaban J connectivity index is 1.79. The second-order valence-corrected chi connectivity index (χ2v) is 5.11. The number of anilines is 1. The zero-order chi connectivity index (χ0) is 16.2. The summed E-state index contributed by atoms with van der Waals surface area (Å²) in [6.07, 6.45) is 2.05. The first-order valence-electron chi connectivity index (χ1n) is 7.14. The summed E-state index contributed by atoms with van der Waals surface area (Å²) in [5, 5.41) is 12.8. The average Bonchev–Trinajstić information content (AvgIpc) is 2.97. The molecule has 1 heterocycles. The molecule has 1 amide bonds. The number of carbonyl (C=O) groups is 1. The van der Waals surface area contributed by atoms with E-state index in [4.69, 9.17) is 10.00 Å². The van der Waals surface area contributed by atoms with Crippen LogP contribution in [-0.2, 0) is 11.2 Å². The van der Waals surface area contributed by atoms with E-state index in [2.05, 4.69) is 16.4 Å². The standard InChI is InChI=1S/C18H15N3O2/c1-23-14-6-7-15-13(11-20-17(15)9-14)8-18(22)21-16-5-3-2-4-12(16)10-19/h2-7,9,11,20H,8H2,1H3,(H,21,22). The van der Waals surface area contributed by atoms with Gasteiger partial charge in [-0.15, -0.1) is 0 Å². The van der Waals surface area contributed by atoms with Crippen LogP contribution in [-0.4, -0.2) is 18.0 Å². The number of nitriles is 1. The number of H-pyrrole nitrogens is 1. The first-order valence-corrected chi connectivity index (χ1v) is 7.14. The second-order valence-electron chi connectivity index (χ2n) is 5.11. The van der Waals surface area contributed by atoms with E-state index in [9.17, 15) is 4.79 Å². The molecule has 0 unspecified atom stereocenters. The van der Waals surface area contributed by atoms with E-state index in [1.54, 1.807) is 31.4 Å². The summed E-state index contributed by atoms with van der Waals surface area (Å²) in [6.45, 7) is 0. The Morgan fingerprint density at radius 1 is 1.30 bits per heavy atom. The van der Waals surface area contributed by atoms with Gasteiger partial charge in [0.25, 0.3) is 0 Å². The average molecular weight is 305 g/mol. The monoisotopic (exact) mass is 305 g/mol. The van der Waals surface area contributed by atoms with Crippen LogP contribution in [0.3, 0.4) is 0 Å². The van der Waals surface area contributed by atoms with Gasteiger partial charge < -0.3 is 15.0 Å². The number of methoxy groups -OCH3 is 1. The van der Waals surface area contributed by atoms with Gasteiger partial charge >= 0.3 is 0 Å². The molecule has 3 rings (SSSR count). The molecule has 5 heteroatoms. The van der Waals surface area contributed by atoms with Gasteiger partial charge in [-0.05, 0) is 29.8 Å². The molecule has 0 aliphatic heterocycles. The Bertz CT molecular complexity index is 906. The molecular weight excluding hydrogens is 290 g/mol. The molecule has 3 aromatic rings. The number of hydrogen-bond acceptors (Lipinski definition) is 3. The first kappa shape index (κ1) is 14.7. The zero-order valence-electron chi connectivity index (χ0n) is 12.6. The Morgan fingerprint density at radius 3 is 2.91 bits per heavy atom. The van der Waals surface area contributed by atoms with Crippen LogP contribution in [0.4, 0.5) is 5.69 Å². The predicted molar refractivity (Wildman–Crippen MR) is 88.3 cm³/mol. The van der Waals surface area contributed by atoms with Crippen LogP contribution in [0.1, 0.15) is 11.1 Å². The molecule has 0 spiro atoms. The molecule has 2 N–H and O–H groups in total. The number of benzene rings is 2. The lowest BCUT2D eigenvalue weighted by Gasteiger charge is -2.06. The Labute approximate surface area is 133 Å². The van der Waals surface area contributed by atoms with E-state index in [1.807, 2.05) is 24.4 Å². The number of carbonyl (C=O) groups excluding carboxylic acids is 1. The van der Waals surface area contributed by atoms with E-state index in [0.29, 0.717) is 11.3 Å². The van der Waals surface area contributed by atoms with Crippen molar-refractivity contribution in [2.24, 2.45) is 0 Å². The predicted octanol–water partition coefficient (Wildman–Crippen LogP) is 3.23. The van der Waals surface area contributed by atoms with Crippen molar-refractivity contribution in [2.45, 2.75) is 6.42 Å². The topological polar surface area (TPSA) is 77.9 Å².